The average molecular weight is 169 g/mol. The normalized spacial score (nSPS) is 8.67. The number of esters is 1. The molecule has 0 aromatic rings. The summed E-state index contributed by atoms with van der Waals surface area (Å²) in [5.74, 6) is -0.636. The fraction of sp³-hybridized carbons (Fsp3) is 0.400. The number of alkyl halides is 1. The van der Waals surface area contributed by atoms with Crippen LogP contribution in [0.5, 0.6) is 0 Å². The van der Waals surface area contributed by atoms with Crippen LogP contribution in [0.15, 0.2) is 11.6 Å². The maximum absolute atomic E-state index is 10.3. The summed E-state index contributed by atoms with van der Waals surface area (Å²) >= 11 is 10.4. The van der Waals surface area contributed by atoms with Gasteiger partial charge in [-0.25, -0.2) is 0 Å². The first-order chi connectivity index (χ1) is 4.16. The van der Waals surface area contributed by atoms with Gasteiger partial charge in [-0.1, -0.05) is 18.2 Å². The average Bonchev–Trinajstić information content (AvgIpc) is 1.83. The topological polar surface area (TPSA) is 26.3 Å². The van der Waals surface area contributed by atoms with Gasteiger partial charge in [0.15, 0.2) is 0 Å². The molecule has 0 amide bonds. The lowest BCUT2D eigenvalue weighted by molar-refractivity contribution is -0.139. The van der Waals surface area contributed by atoms with Crippen molar-refractivity contribution in [3.05, 3.63) is 11.6 Å². The van der Waals surface area contributed by atoms with E-state index in [0.717, 1.165) is 0 Å². The monoisotopic (exact) mass is 168 g/mol. The molecule has 0 heterocycles. The van der Waals surface area contributed by atoms with Gasteiger partial charge >= 0.3 is 5.97 Å². The van der Waals surface area contributed by atoms with Crippen LogP contribution in [-0.4, -0.2) is 18.5 Å². The highest BCUT2D eigenvalue weighted by Gasteiger charge is 1.98. The van der Waals surface area contributed by atoms with Crippen LogP contribution in [0, 0.1) is 0 Å². The Bertz CT molecular complexity index is 122. The van der Waals surface area contributed by atoms with Crippen LogP contribution in [0.2, 0.25) is 0 Å². The molecule has 0 fully saturated rings. The minimum atomic E-state index is -0.488. The Hall–Kier alpha value is -0.210. The van der Waals surface area contributed by atoms with Crippen molar-refractivity contribution in [2.24, 2.45) is 0 Å². The fourth-order valence-electron chi connectivity index (χ4n) is 0.197. The van der Waals surface area contributed by atoms with Gasteiger partial charge in [-0.3, -0.25) is 4.79 Å². The standard InChI is InChI=1S/C5H6Cl2O2/c1-4(7)3-9-5(8)2-6/h1-3H2. The predicted octanol–water partition coefficient (Wildman–Crippen LogP) is 1.52. The zero-order valence-corrected chi connectivity index (χ0v) is 6.21. The third-order valence-electron chi connectivity index (χ3n) is 0.499. The largest absolute Gasteiger partial charge is 0.459 e. The molecule has 0 N–H and O–H groups in total. The molecule has 0 spiro atoms. The van der Waals surface area contributed by atoms with Gasteiger partial charge in [0.05, 0.1) is 0 Å². The molecular formula is C5H6Cl2O2. The third-order valence-corrected chi connectivity index (χ3v) is 0.826. The SMILES string of the molecule is C=C(Cl)COC(=O)CCl. The van der Waals surface area contributed by atoms with Crippen molar-refractivity contribution in [2.45, 2.75) is 0 Å². The lowest BCUT2D eigenvalue weighted by atomic mass is 10.7. The number of halogens is 2. The number of ether oxygens (including phenoxy) is 1. The Morgan fingerprint density at radius 3 is 2.56 bits per heavy atom. The second kappa shape index (κ2) is 4.65. The van der Waals surface area contributed by atoms with Crippen molar-refractivity contribution in [2.75, 3.05) is 12.5 Å². The maximum Gasteiger partial charge on any atom is 0.321 e. The Morgan fingerprint density at radius 1 is 1.67 bits per heavy atom. The number of rotatable bonds is 3. The van der Waals surface area contributed by atoms with Crippen molar-refractivity contribution in [1.29, 1.82) is 0 Å². The number of hydrogen-bond acceptors (Lipinski definition) is 2. The van der Waals surface area contributed by atoms with Crippen LogP contribution in [0.4, 0.5) is 0 Å². The zero-order chi connectivity index (χ0) is 7.28. The first-order valence-electron chi connectivity index (χ1n) is 2.21. The first kappa shape index (κ1) is 8.79. The third kappa shape index (κ3) is 5.66. The highest BCUT2D eigenvalue weighted by atomic mass is 35.5. The summed E-state index contributed by atoms with van der Waals surface area (Å²) in [6.07, 6.45) is 0. The molecule has 0 aliphatic heterocycles. The molecule has 2 nitrogen and oxygen atoms in total. The molecule has 0 unspecified atom stereocenters. The molecule has 0 rings (SSSR count). The Morgan fingerprint density at radius 2 is 2.22 bits per heavy atom. The Balaban J connectivity index is 3.28. The van der Waals surface area contributed by atoms with Gasteiger partial charge in [0.2, 0.25) is 0 Å². The van der Waals surface area contributed by atoms with E-state index in [-0.39, 0.29) is 17.5 Å². The van der Waals surface area contributed by atoms with E-state index in [1.165, 1.54) is 0 Å². The van der Waals surface area contributed by atoms with Crippen LogP contribution < -0.4 is 0 Å². The number of carbonyl (C=O) groups is 1. The molecule has 4 heteroatoms. The molecule has 0 atom stereocenters. The summed E-state index contributed by atoms with van der Waals surface area (Å²) in [5.41, 5.74) is 0. The minimum absolute atomic E-state index is 0.0348. The van der Waals surface area contributed by atoms with Crippen molar-refractivity contribution in [1.82, 2.24) is 0 Å². The van der Waals surface area contributed by atoms with E-state index < -0.39 is 5.97 Å². The molecule has 0 bridgehead atoms. The summed E-state index contributed by atoms with van der Waals surface area (Å²) in [5, 5.41) is 0.286. The predicted molar refractivity (Wildman–Crippen MR) is 36.7 cm³/mol. The number of carbonyl (C=O) groups excluding carboxylic acids is 1. The van der Waals surface area contributed by atoms with Crippen LogP contribution in [0.3, 0.4) is 0 Å². The molecule has 0 radical (unpaired) electrons. The maximum atomic E-state index is 10.3. The highest BCUT2D eigenvalue weighted by Crippen LogP contribution is 1.96. The van der Waals surface area contributed by atoms with Gasteiger partial charge in [0.25, 0.3) is 0 Å². The molecule has 52 valence electrons. The smallest absolute Gasteiger partial charge is 0.321 e. The molecular weight excluding hydrogens is 163 g/mol. The van der Waals surface area contributed by atoms with Gasteiger partial charge in [0.1, 0.15) is 12.5 Å². The van der Waals surface area contributed by atoms with E-state index in [9.17, 15) is 4.79 Å². The molecule has 0 aliphatic rings. The van der Waals surface area contributed by atoms with E-state index in [2.05, 4.69) is 11.3 Å². The van der Waals surface area contributed by atoms with Crippen molar-refractivity contribution in [3.8, 4) is 0 Å². The first-order valence-corrected chi connectivity index (χ1v) is 3.13. The zero-order valence-electron chi connectivity index (χ0n) is 4.69. The highest BCUT2D eigenvalue weighted by molar-refractivity contribution is 6.29. The van der Waals surface area contributed by atoms with Crippen molar-refractivity contribution < 1.29 is 9.53 Å². The summed E-state index contributed by atoms with van der Waals surface area (Å²) < 4.78 is 4.45. The Kier molecular flexibility index (Phi) is 4.54. The molecule has 0 aromatic carbocycles. The van der Waals surface area contributed by atoms with Gasteiger partial charge in [0, 0.05) is 5.03 Å². The molecule has 9 heavy (non-hydrogen) atoms. The lowest BCUT2D eigenvalue weighted by Crippen LogP contribution is -2.06. The van der Waals surface area contributed by atoms with Gasteiger partial charge in [-0.15, -0.1) is 11.6 Å². The quantitative estimate of drug-likeness (QED) is 0.472. The van der Waals surface area contributed by atoms with Gasteiger partial charge in [-0.2, -0.15) is 0 Å². The summed E-state index contributed by atoms with van der Waals surface area (Å²) in [6, 6.07) is 0. The number of hydrogen-bond donors (Lipinski definition) is 0. The molecule has 0 aromatic heterocycles. The van der Waals surface area contributed by atoms with E-state index in [4.69, 9.17) is 23.2 Å². The lowest BCUT2D eigenvalue weighted by Gasteiger charge is -1.97. The fourth-order valence-corrected chi connectivity index (χ4v) is 0.329. The van der Waals surface area contributed by atoms with Crippen LogP contribution >= 0.6 is 23.2 Å². The second-order valence-corrected chi connectivity index (χ2v) is 2.11. The van der Waals surface area contributed by atoms with E-state index in [1.807, 2.05) is 0 Å². The van der Waals surface area contributed by atoms with Gasteiger partial charge < -0.3 is 4.74 Å². The second-order valence-electron chi connectivity index (χ2n) is 1.31. The van der Waals surface area contributed by atoms with E-state index in [1.54, 1.807) is 0 Å². The molecule has 0 saturated carbocycles. The van der Waals surface area contributed by atoms with E-state index >= 15 is 0 Å². The van der Waals surface area contributed by atoms with Crippen molar-refractivity contribution in [3.63, 3.8) is 0 Å². The van der Waals surface area contributed by atoms with Crippen LogP contribution in [0.1, 0.15) is 0 Å². The van der Waals surface area contributed by atoms with Crippen molar-refractivity contribution >= 4 is 29.2 Å². The summed E-state index contributed by atoms with van der Waals surface area (Å²) in [6.45, 7) is 3.34. The summed E-state index contributed by atoms with van der Waals surface area (Å²) in [7, 11) is 0. The van der Waals surface area contributed by atoms with Gasteiger partial charge in [-0.05, 0) is 0 Å². The Labute approximate surface area is 63.4 Å². The minimum Gasteiger partial charge on any atom is -0.459 e. The summed E-state index contributed by atoms with van der Waals surface area (Å²) in [4.78, 5) is 10.3. The molecule has 0 aliphatic carbocycles. The van der Waals surface area contributed by atoms with Crippen LogP contribution in [0.25, 0.3) is 0 Å². The molecule has 0 saturated heterocycles. The van der Waals surface area contributed by atoms with Crippen LogP contribution in [-0.2, 0) is 9.53 Å². The van der Waals surface area contributed by atoms with E-state index in [0.29, 0.717) is 0 Å².